The van der Waals surface area contributed by atoms with E-state index in [1.54, 1.807) is 30.1 Å². The van der Waals surface area contributed by atoms with Gasteiger partial charge in [-0.2, -0.15) is 18.3 Å². The number of halogens is 3. The van der Waals surface area contributed by atoms with Crippen LogP contribution in [0.25, 0.3) is 33.8 Å². The number of aromatic nitrogens is 6. The second-order valence-corrected chi connectivity index (χ2v) is 9.17. The number of nitrogens with zero attached hydrogens (tertiary/aromatic N) is 6. The van der Waals surface area contributed by atoms with Crippen LogP contribution in [-0.4, -0.2) is 29.3 Å². The summed E-state index contributed by atoms with van der Waals surface area (Å²) in [6.07, 6.45) is -1.16. The Morgan fingerprint density at radius 2 is 1.67 bits per heavy atom. The summed E-state index contributed by atoms with van der Waals surface area (Å²) in [7, 11) is 3.42. The Labute approximate surface area is 206 Å². The Balaban J connectivity index is 1.47. The van der Waals surface area contributed by atoms with Gasteiger partial charge in [0.25, 0.3) is 0 Å². The fraction of sp³-hybridized carbons (Fsp3) is 0.259. The van der Waals surface area contributed by atoms with Crippen LogP contribution in [0.1, 0.15) is 42.3 Å². The van der Waals surface area contributed by atoms with E-state index in [9.17, 15) is 13.2 Å². The van der Waals surface area contributed by atoms with Crippen molar-refractivity contribution in [1.29, 1.82) is 0 Å². The number of hydrogen-bond donors (Lipinski definition) is 0. The van der Waals surface area contributed by atoms with E-state index >= 15 is 0 Å². The summed E-state index contributed by atoms with van der Waals surface area (Å²) in [5.41, 5.74) is 5.27. The SMILES string of the molecule is CC(C)c1ccccc1-c1ncc2c(n1)c(Cc1ccc(-c3nc(C(F)(F)F)cn3C)cc1)nn2C. The molecule has 36 heavy (non-hydrogen) atoms. The molecule has 2 aromatic carbocycles. The van der Waals surface area contributed by atoms with Gasteiger partial charge in [-0.3, -0.25) is 4.68 Å². The molecule has 0 saturated heterocycles. The fourth-order valence-corrected chi connectivity index (χ4v) is 4.40. The molecule has 0 saturated carbocycles. The van der Waals surface area contributed by atoms with Gasteiger partial charge < -0.3 is 4.57 Å². The van der Waals surface area contributed by atoms with E-state index in [2.05, 4.69) is 35.0 Å². The van der Waals surface area contributed by atoms with Crippen molar-refractivity contribution in [3.8, 4) is 22.8 Å². The highest BCUT2D eigenvalue weighted by Gasteiger charge is 2.34. The monoisotopic (exact) mass is 490 g/mol. The van der Waals surface area contributed by atoms with Crippen LogP contribution in [0.2, 0.25) is 0 Å². The quantitative estimate of drug-likeness (QED) is 0.296. The molecular formula is C27H25F3N6. The summed E-state index contributed by atoms with van der Waals surface area (Å²) in [5, 5.41) is 4.68. The van der Waals surface area contributed by atoms with Gasteiger partial charge >= 0.3 is 6.18 Å². The lowest BCUT2D eigenvalue weighted by Gasteiger charge is -2.11. The number of rotatable bonds is 5. The van der Waals surface area contributed by atoms with Gasteiger partial charge in [-0.15, -0.1) is 0 Å². The van der Waals surface area contributed by atoms with Crippen LogP contribution in [-0.2, 0) is 26.7 Å². The summed E-state index contributed by atoms with van der Waals surface area (Å²) >= 11 is 0. The number of benzene rings is 2. The molecule has 184 valence electrons. The molecule has 0 N–H and O–H groups in total. The van der Waals surface area contributed by atoms with E-state index in [1.165, 1.54) is 10.1 Å². The maximum absolute atomic E-state index is 13.0. The summed E-state index contributed by atoms with van der Waals surface area (Å²) in [6.45, 7) is 4.29. The van der Waals surface area contributed by atoms with Gasteiger partial charge in [0.15, 0.2) is 11.5 Å². The summed E-state index contributed by atoms with van der Waals surface area (Å²) in [6, 6.07) is 15.5. The largest absolute Gasteiger partial charge is 0.434 e. The average molecular weight is 491 g/mol. The van der Waals surface area contributed by atoms with Crippen molar-refractivity contribution in [2.24, 2.45) is 14.1 Å². The van der Waals surface area contributed by atoms with Gasteiger partial charge in [0.1, 0.15) is 16.9 Å². The Kier molecular flexibility index (Phi) is 5.86. The van der Waals surface area contributed by atoms with Crippen molar-refractivity contribution in [2.75, 3.05) is 0 Å². The van der Waals surface area contributed by atoms with Crippen molar-refractivity contribution in [3.05, 3.63) is 83.4 Å². The van der Waals surface area contributed by atoms with Gasteiger partial charge in [0.2, 0.25) is 0 Å². The maximum atomic E-state index is 13.0. The van der Waals surface area contributed by atoms with Gasteiger partial charge in [0, 0.05) is 37.8 Å². The van der Waals surface area contributed by atoms with Crippen LogP contribution < -0.4 is 0 Å². The maximum Gasteiger partial charge on any atom is 0.434 e. The molecule has 0 spiro atoms. The molecule has 0 unspecified atom stereocenters. The second-order valence-electron chi connectivity index (χ2n) is 9.17. The molecule has 0 aliphatic carbocycles. The third-order valence-electron chi connectivity index (χ3n) is 6.24. The predicted molar refractivity (Wildman–Crippen MR) is 132 cm³/mol. The Bertz CT molecular complexity index is 1540. The first-order valence-corrected chi connectivity index (χ1v) is 11.6. The van der Waals surface area contributed by atoms with Crippen LogP contribution in [0.5, 0.6) is 0 Å². The topological polar surface area (TPSA) is 61.4 Å². The molecule has 6 nitrogen and oxygen atoms in total. The number of fused-ring (bicyclic) bond motifs is 1. The van der Waals surface area contributed by atoms with E-state index < -0.39 is 11.9 Å². The zero-order valence-corrected chi connectivity index (χ0v) is 20.4. The van der Waals surface area contributed by atoms with E-state index in [-0.39, 0.29) is 5.82 Å². The van der Waals surface area contributed by atoms with Crippen molar-refractivity contribution in [3.63, 3.8) is 0 Å². The summed E-state index contributed by atoms with van der Waals surface area (Å²) < 4.78 is 42.3. The lowest BCUT2D eigenvalue weighted by Crippen LogP contribution is -2.04. The van der Waals surface area contributed by atoms with Gasteiger partial charge in [-0.05, 0) is 17.0 Å². The van der Waals surface area contributed by atoms with Crippen LogP contribution in [0.4, 0.5) is 13.2 Å². The minimum Gasteiger partial charge on any atom is -0.333 e. The molecule has 3 aromatic heterocycles. The number of hydrogen-bond acceptors (Lipinski definition) is 4. The zero-order valence-electron chi connectivity index (χ0n) is 20.4. The number of alkyl halides is 3. The first-order chi connectivity index (χ1) is 17.1. The van der Waals surface area contributed by atoms with E-state index in [0.717, 1.165) is 34.1 Å². The highest BCUT2D eigenvalue weighted by molar-refractivity contribution is 5.79. The molecular weight excluding hydrogens is 465 g/mol. The first-order valence-electron chi connectivity index (χ1n) is 11.6. The lowest BCUT2D eigenvalue weighted by molar-refractivity contribution is -0.140. The summed E-state index contributed by atoms with van der Waals surface area (Å²) in [4.78, 5) is 13.3. The first kappa shape index (κ1) is 23.7. The molecule has 0 amide bonds. The van der Waals surface area contributed by atoms with Crippen molar-refractivity contribution < 1.29 is 13.2 Å². The lowest BCUT2D eigenvalue weighted by atomic mass is 9.97. The minimum atomic E-state index is -4.48. The number of aryl methyl sites for hydroxylation is 2. The Morgan fingerprint density at radius 1 is 0.944 bits per heavy atom. The van der Waals surface area contributed by atoms with E-state index in [4.69, 9.17) is 4.98 Å². The van der Waals surface area contributed by atoms with E-state index in [1.807, 2.05) is 37.4 Å². The van der Waals surface area contributed by atoms with Crippen LogP contribution in [0, 0.1) is 0 Å². The third-order valence-corrected chi connectivity index (χ3v) is 6.24. The smallest absolute Gasteiger partial charge is 0.333 e. The van der Waals surface area contributed by atoms with Crippen LogP contribution >= 0.6 is 0 Å². The molecule has 5 aromatic rings. The Hall–Kier alpha value is -4.01. The van der Waals surface area contributed by atoms with Gasteiger partial charge in [-0.1, -0.05) is 62.4 Å². The summed E-state index contributed by atoms with van der Waals surface area (Å²) in [5.74, 6) is 1.25. The number of imidazole rings is 1. The molecule has 3 heterocycles. The molecule has 0 bridgehead atoms. The van der Waals surface area contributed by atoms with Crippen molar-refractivity contribution in [2.45, 2.75) is 32.4 Å². The average Bonchev–Trinajstić information content (AvgIpc) is 3.39. The molecule has 5 rings (SSSR count). The molecule has 9 heteroatoms. The molecule has 0 radical (unpaired) electrons. The molecule has 0 fully saturated rings. The normalized spacial score (nSPS) is 12.1. The standard InChI is InChI=1S/C27H25F3N6/c1-16(2)19-7-5-6-8-20(19)25-31-14-22-24(33-25)21(34-36(22)4)13-17-9-11-18(12-10-17)26-32-23(15-35(26)3)27(28,29)30/h5-12,14-16H,13H2,1-4H3. The van der Waals surface area contributed by atoms with Gasteiger partial charge in [0.05, 0.1) is 11.9 Å². The second kappa shape index (κ2) is 8.89. The minimum absolute atomic E-state index is 0.262. The Morgan fingerprint density at radius 3 is 2.33 bits per heavy atom. The molecule has 0 aliphatic heterocycles. The van der Waals surface area contributed by atoms with Crippen LogP contribution in [0.15, 0.2) is 60.9 Å². The highest BCUT2D eigenvalue weighted by Crippen LogP contribution is 2.31. The zero-order chi connectivity index (χ0) is 25.6. The third kappa shape index (κ3) is 4.36. The predicted octanol–water partition coefficient (Wildman–Crippen LogP) is 6.16. The highest BCUT2D eigenvalue weighted by atomic mass is 19.4. The van der Waals surface area contributed by atoms with Gasteiger partial charge in [-0.25, -0.2) is 15.0 Å². The molecule has 0 aliphatic rings. The van der Waals surface area contributed by atoms with Crippen LogP contribution in [0.3, 0.4) is 0 Å². The fourth-order valence-electron chi connectivity index (χ4n) is 4.40. The van der Waals surface area contributed by atoms with Crippen molar-refractivity contribution >= 4 is 11.0 Å². The van der Waals surface area contributed by atoms with Crippen molar-refractivity contribution in [1.82, 2.24) is 29.3 Å². The molecule has 0 atom stereocenters. The van der Waals surface area contributed by atoms with E-state index in [0.29, 0.717) is 23.7 Å².